The number of aromatic nitrogens is 3. The highest BCUT2D eigenvalue weighted by Gasteiger charge is 1.96. The average Bonchev–Trinajstić information content (AvgIpc) is 1.90. The predicted molar refractivity (Wildman–Crippen MR) is 25.9 cm³/mol. The van der Waals surface area contributed by atoms with Gasteiger partial charge in [0.15, 0.2) is 0 Å². The van der Waals surface area contributed by atoms with Crippen molar-refractivity contribution < 1.29 is 10.4 Å². The first kappa shape index (κ1) is 5.86. The molecule has 0 aliphatic rings. The van der Waals surface area contributed by atoms with Crippen LogP contribution in [0, 0.1) is 0 Å². The number of hydrogen-bond acceptors (Lipinski definition) is 6. The van der Waals surface area contributed by atoms with Gasteiger partial charge in [-0.25, -0.2) is 0 Å². The molecule has 0 saturated heterocycles. The maximum absolute atomic E-state index is 8.28. The standard InChI is InChI=1S/C3H4N4O2/c8-7(9)3-1-2-4-6-5-3/h1-2,8-9H. The summed E-state index contributed by atoms with van der Waals surface area (Å²) in [5.74, 6) is -0.0648. The normalized spacial score (nSPS) is 9.11. The fraction of sp³-hybridized carbons (Fsp3) is 0. The number of nitrogens with zero attached hydrogens (tertiary/aromatic N) is 4. The van der Waals surface area contributed by atoms with Gasteiger partial charge >= 0.3 is 0 Å². The molecule has 0 bridgehead atoms. The second-order valence-corrected chi connectivity index (χ2v) is 1.27. The maximum Gasteiger partial charge on any atom is 0.208 e. The van der Waals surface area contributed by atoms with E-state index in [1.807, 2.05) is 0 Å². The zero-order chi connectivity index (χ0) is 6.69. The Labute approximate surface area is 50.3 Å². The summed E-state index contributed by atoms with van der Waals surface area (Å²) in [7, 11) is 0. The predicted octanol–water partition coefficient (Wildman–Crippen LogP) is -0.544. The quantitative estimate of drug-likeness (QED) is 0.494. The van der Waals surface area contributed by atoms with E-state index in [4.69, 9.17) is 10.4 Å². The van der Waals surface area contributed by atoms with Crippen LogP contribution in [-0.4, -0.2) is 25.8 Å². The van der Waals surface area contributed by atoms with E-state index in [1.54, 1.807) is 0 Å². The van der Waals surface area contributed by atoms with E-state index in [0.717, 1.165) is 0 Å². The third-order valence-electron chi connectivity index (χ3n) is 0.694. The van der Waals surface area contributed by atoms with Gasteiger partial charge in [0.1, 0.15) is 0 Å². The van der Waals surface area contributed by atoms with Crippen molar-refractivity contribution in [2.45, 2.75) is 0 Å². The van der Waals surface area contributed by atoms with E-state index < -0.39 is 0 Å². The van der Waals surface area contributed by atoms with Crippen molar-refractivity contribution in [3.8, 4) is 0 Å². The van der Waals surface area contributed by atoms with Crippen LogP contribution in [0.5, 0.6) is 0 Å². The van der Waals surface area contributed by atoms with Crippen LogP contribution in [0.1, 0.15) is 0 Å². The van der Waals surface area contributed by atoms with E-state index >= 15 is 0 Å². The largest absolute Gasteiger partial charge is 0.262 e. The van der Waals surface area contributed by atoms with Crippen LogP contribution in [0.25, 0.3) is 0 Å². The molecule has 1 rings (SSSR count). The van der Waals surface area contributed by atoms with E-state index in [2.05, 4.69) is 15.4 Å². The van der Waals surface area contributed by atoms with Crippen LogP contribution < -0.4 is 5.23 Å². The summed E-state index contributed by atoms with van der Waals surface area (Å²) in [4.78, 5) is 0. The highest BCUT2D eigenvalue weighted by molar-refractivity contribution is 5.26. The summed E-state index contributed by atoms with van der Waals surface area (Å²) in [6.45, 7) is 0. The molecule has 0 unspecified atom stereocenters. The fourth-order valence-electron chi connectivity index (χ4n) is 0.341. The van der Waals surface area contributed by atoms with E-state index in [0.29, 0.717) is 0 Å². The molecule has 0 spiro atoms. The first-order valence-corrected chi connectivity index (χ1v) is 2.13. The van der Waals surface area contributed by atoms with Gasteiger partial charge in [0.25, 0.3) is 0 Å². The highest BCUT2D eigenvalue weighted by Crippen LogP contribution is 1.98. The van der Waals surface area contributed by atoms with Crippen molar-refractivity contribution in [2.75, 3.05) is 5.23 Å². The molecule has 0 amide bonds. The Morgan fingerprint density at radius 3 is 2.56 bits per heavy atom. The van der Waals surface area contributed by atoms with Crippen molar-refractivity contribution in [2.24, 2.45) is 0 Å². The molecule has 0 saturated carbocycles. The van der Waals surface area contributed by atoms with Crippen LogP contribution in [0.2, 0.25) is 0 Å². The van der Waals surface area contributed by atoms with Crippen LogP contribution in [0.15, 0.2) is 12.3 Å². The van der Waals surface area contributed by atoms with Crippen molar-refractivity contribution in [3.05, 3.63) is 12.3 Å². The minimum absolute atomic E-state index is 0.0648. The van der Waals surface area contributed by atoms with E-state index in [9.17, 15) is 0 Å². The molecule has 1 heterocycles. The molecular formula is C3H4N4O2. The molecule has 0 atom stereocenters. The lowest BCUT2D eigenvalue weighted by Crippen LogP contribution is -2.13. The molecule has 1 aromatic rings. The van der Waals surface area contributed by atoms with Crippen LogP contribution in [0.3, 0.4) is 0 Å². The molecule has 6 nitrogen and oxygen atoms in total. The van der Waals surface area contributed by atoms with Gasteiger partial charge in [-0.2, -0.15) is 0 Å². The van der Waals surface area contributed by atoms with Gasteiger partial charge in [0, 0.05) is 6.07 Å². The summed E-state index contributed by atoms with van der Waals surface area (Å²) in [6.07, 6.45) is 1.29. The molecule has 6 heteroatoms. The molecule has 0 radical (unpaired) electrons. The van der Waals surface area contributed by atoms with Gasteiger partial charge in [-0.3, -0.25) is 10.4 Å². The summed E-state index contributed by atoms with van der Waals surface area (Å²) < 4.78 is 0. The molecule has 0 aromatic carbocycles. The fourth-order valence-corrected chi connectivity index (χ4v) is 0.341. The van der Waals surface area contributed by atoms with Crippen LogP contribution >= 0.6 is 0 Å². The smallest absolute Gasteiger partial charge is 0.208 e. The highest BCUT2D eigenvalue weighted by atomic mass is 16.8. The maximum atomic E-state index is 8.28. The lowest BCUT2D eigenvalue weighted by atomic mass is 10.6. The first-order chi connectivity index (χ1) is 4.30. The average molecular weight is 128 g/mol. The molecule has 2 N–H and O–H groups in total. The van der Waals surface area contributed by atoms with Gasteiger partial charge in [0.2, 0.25) is 5.82 Å². The molecule has 9 heavy (non-hydrogen) atoms. The minimum atomic E-state index is -0.130. The second-order valence-electron chi connectivity index (χ2n) is 1.27. The van der Waals surface area contributed by atoms with Gasteiger partial charge in [-0.15, -0.1) is 15.4 Å². The Hall–Kier alpha value is -1.27. The molecule has 0 aliphatic carbocycles. The van der Waals surface area contributed by atoms with Gasteiger partial charge in [-0.05, 0) is 5.21 Å². The van der Waals surface area contributed by atoms with Gasteiger partial charge < -0.3 is 0 Å². The van der Waals surface area contributed by atoms with Crippen LogP contribution in [0.4, 0.5) is 5.82 Å². The molecular weight excluding hydrogens is 124 g/mol. The van der Waals surface area contributed by atoms with Crippen molar-refractivity contribution in [1.29, 1.82) is 0 Å². The van der Waals surface area contributed by atoms with Crippen molar-refractivity contribution in [1.82, 2.24) is 15.4 Å². The van der Waals surface area contributed by atoms with Crippen molar-refractivity contribution in [3.63, 3.8) is 0 Å². The summed E-state index contributed by atoms with van der Waals surface area (Å²) >= 11 is 0. The lowest BCUT2D eigenvalue weighted by Gasteiger charge is -2.01. The Bertz CT molecular complexity index is 176. The lowest BCUT2D eigenvalue weighted by molar-refractivity contribution is 0.0261. The first-order valence-electron chi connectivity index (χ1n) is 2.13. The SMILES string of the molecule is ON(O)c1ccnnn1. The van der Waals surface area contributed by atoms with E-state index in [1.165, 1.54) is 12.3 Å². The summed E-state index contributed by atoms with van der Waals surface area (Å²) in [5.41, 5.74) is 0. The zero-order valence-electron chi connectivity index (χ0n) is 4.34. The Kier molecular flexibility index (Phi) is 1.52. The third kappa shape index (κ3) is 1.31. The topological polar surface area (TPSA) is 82.4 Å². The minimum Gasteiger partial charge on any atom is -0.262 e. The summed E-state index contributed by atoms with van der Waals surface area (Å²) in [5, 5.41) is 26.1. The summed E-state index contributed by atoms with van der Waals surface area (Å²) in [6, 6.07) is 1.30. The number of hydrogen-bond donors (Lipinski definition) is 2. The Morgan fingerprint density at radius 2 is 2.22 bits per heavy atom. The number of anilines is 1. The van der Waals surface area contributed by atoms with Gasteiger partial charge in [0.05, 0.1) is 6.20 Å². The Balaban J connectivity index is 2.85. The molecule has 0 fully saturated rings. The molecule has 1 aromatic heterocycles. The number of rotatable bonds is 1. The second kappa shape index (κ2) is 2.33. The van der Waals surface area contributed by atoms with Crippen LogP contribution in [-0.2, 0) is 0 Å². The van der Waals surface area contributed by atoms with Crippen molar-refractivity contribution >= 4 is 5.82 Å². The molecule has 48 valence electrons. The third-order valence-corrected chi connectivity index (χ3v) is 0.694. The monoisotopic (exact) mass is 128 g/mol. The van der Waals surface area contributed by atoms with E-state index in [-0.39, 0.29) is 11.0 Å². The van der Waals surface area contributed by atoms with Gasteiger partial charge in [-0.1, -0.05) is 0 Å². The Morgan fingerprint density at radius 1 is 1.44 bits per heavy atom. The molecule has 0 aliphatic heterocycles. The zero-order valence-corrected chi connectivity index (χ0v) is 4.34.